The van der Waals surface area contributed by atoms with Gasteiger partial charge in [0.25, 0.3) is 0 Å². The molecule has 0 amide bonds. The Morgan fingerprint density at radius 3 is 1.72 bits per heavy atom. The molecular weight excluding hydrogens is 218 g/mol. The van der Waals surface area contributed by atoms with E-state index in [9.17, 15) is 0 Å². The fourth-order valence-corrected chi connectivity index (χ4v) is 1.74. The average Bonchev–Trinajstić information content (AvgIpc) is 2.15. The van der Waals surface area contributed by atoms with Gasteiger partial charge in [-0.05, 0) is 17.9 Å². The summed E-state index contributed by atoms with van der Waals surface area (Å²) in [4.78, 5) is 0. The molecule has 0 aliphatic heterocycles. The second-order valence-electron chi connectivity index (χ2n) is 5.50. The molecule has 108 valence electrons. The molecule has 0 fully saturated rings. The van der Waals surface area contributed by atoms with E-state index in [4.69, 9.17) is 0 Å². The van der Waals surface area contributed by atoms with Crippen molar-refractivity contribution in [2.45, 2.75) is 55.0 Å². The summed E-state index contributed by atoms with van der Waals surface area (Å²) in [5.74, 6) is 0.683. The van der Waals surface area contributed by atoms with Gasteiger partial charge >= 0.3 is 0 Å². The van der Waals surface area contributed by atoms with E-state index in [1.54, 1.807) is 0 Å². The van der Waals surface area contributed by atoms with Gasteiger partial charge in [-0.15, -0.1) is 0 Å². The lowest BCUT2D eigenvalue weighted by molar-refractivity contribution is -0.884. The van der Waals surface area contributed by atoms with Crippen molar-refractivity contribution in [2.24, 2.45) is 0 Å². The molecule has 0 bridgehead atoms. The van der Waals surface area contributed by atoms with E-state index in [2.05, 4.69) is 59.3 Å². The third kappa shape index (κ3) is 7.50. The standard InChI is InChI=1S/C14H24N.3CH4/c1-6-12(2)14-9-7-13(8-10-14)11-15(3,4)5;;;/h7-10,12H,6,11H2,1-5H3;3*1H4/q+1;;;. The molecule has 0 radical (unpaired) electrons. The molecule has 0 aliphatic rings. The number of hydrogen-bond acceptors (Lipinski definition) is 0. The zero-order chi connectivity index (χ0) is 11.5. The molecule has 1 heteroatoms. The Morgan fingerprint density at radius 2 is 1.39 bits per heavy atom. The van der Waals surface area contributed by atoms with Crippen molar-refractivity contribution in [3.8, 4) is 0 Å². The molecule has 0 saturated heterocycles. The molecular formula is C17H36N+. The lowest BCUT2D eigenvalue weighted by atomic mass is 9.97. The molecule has 0 spiro atoms. The molecule has 1 nitrogen and oxygen atoms in total. The normalized spacial score (nSPS) is 11.6. The smallest absolute Gasteiger partial charge is 0.104 e. The fraction of sp³-hybridized carbons (Fsp3) is 0.647. The molecule has 0 aromatic heterocycles. The van der Waals surface area contributed by atoms with Crippen LogP contribution in [0.5, 0.6) is 0 Å². The average molecular weight is 254 g/mol. The van der Waals surface area contributed by atoms with Gasteiger partial charge in [0.2, 0.25) is 0 Å². The van der Waals surface area contributed by atoms with Crippen LogP contribution < -0.4 is 0 Å². The van der Waals surface area contributed by atoms with Crippen LogP contribution in [0.1, 0.15) is 59.6 Å². The first-order chi connectivity index (χ1) is 6.92. The van der Waals surface area contributed by atoms with E-state index in [-0.39, 0.29) is 22.3 Å². The Labute approximate surface area is 116 Å². The zero-order valence-electron chi connectivity index (χ0n) is 10.7. The largest absolute Gasteiger partial charge is 0.327 e. The second kappa shape index (κ2) is 9.16. The summed E-state index contributed by atoms with van der Waals surface area (Å²) in [7, 11) is 6.67. The Kier molecular flexibility index (Phi) is 11.4. The van der Waals surface area contributed by atoms with Crippen LogP contribution in [-0.2, 0) is 6.54 Å². The number of hydrogen-bond donors (Lipinski definition) is 0. The summed E-state index contributed by atoms with van der Waals surface area (Å²) in [5.41, 5.74) is 2.89. The van der Waals surface area contributed by atoms with Crippen molar-refractivity contribution in [1.82, 2.24) is 0 Å². The van der Waals surface area contributed by atoms with Crippen LogP contribution in [0.2, 0.25) is 0 Å². The van der Waals surface area contributed by atoms with Crippen molar-refractivity contribution >= 4 is 0 Å². The summed E-state index contributed by atoms with van der Waals surface area (Å²) < 4.78 is 0.989. The molecule has 1 unspecified atom stereocenters. The summed E-state index contributed by atoms with van der Waals surface area (Å²) in [6.45, 7) is 5.63. The summed E-state index contributed by atoms with van der Waals surface area (Å²) in [5, 5.41) is 0. The Hall–Kier alpha value is -0.820. The highest BCUT2D eigenvalue weighted by Gasteiger charge is 2.09. The predicted octanol–water partition coefficient (Wildman–Crippen LogP) is 5.31. The molecule has 0 N–H and O–H groups in total. The Morgan fingerprint density at radius 1 is 0.944 bits per heavy atom. The van der Waals surface area contributed by atoms with Crippen molar-refractivity contribution in [2.75, 3.05) is 21.1 Å². The van der Waals surface area contributed by atoms with E-state index >= 15 is 0 Å². The lowest BCUT2D eigenvalue weighted by Gasteiger charge is -2.24. The van der Waals surface area contributed by atoms with E-state index < -0.39 is 0 Å². The summed E-state index contributed by atoms with van der Waals surface area (Å²) in [6.07, 6.45) is 1.22. The maximum atomic E-state index is 2.29. The van der Waals surface area contributed by atoms with Gasteiger partial charge in [0.05, 0.1) is 21.1 Å². The first kappa shape index (κ1) is 22.4. The highest BCUT2D eigenvalue weighted by Crippen LogP contribution is 2.19. The summed E-state index contributed by atoms with van der Waals surface area (Å²) >= 11 is 0. The molecule has 1 aromatic carbocycles. The number of quaternary nitrogens is 1. The maximum absolute atomic E-state index is 2.29. The first-order valence-corrected chi connectivity index (χ1v) is 5.81. The van der Waals surface area contributed by atoms with E-state index in [0.29, 0.717) is 5.92 Å². The van der Waals surface area contributed by atoms with Crippen LogP contribution >= 0.6 is 0 Å². The minimum absolute atomic E-state index is 0. The molecule has 1 atom stereocenters. The first-order valence-electron chi connectivity index (χ1n) is 5.81. The van der Waals surface area contributed by atoms with Crippen molar-refractivity contribution in [3.63, 3.8) is 0 Å². The minimum Gasteiger partial charge on any atom is -0.327 e. The van der Waals surface area contributed by atoms with Crippen molar-refractivity contribution in [3.05, 3.63) is 35.4 Å². The van der Waals surface area contributed by atoms with Gasteiger partial charge in [-0.3, -0.25) is 0 Å². The van der Waals surface area contributed by atoms with Gasteiger partial charge in [0.15, 0.2) is 0 Å². The minimum atomic E-state index is 0. The van der Waals surface area contributed by atoms with Crippen molar-refractivity contribution in [1.29, 1.82) is 0 Å². The van der Waals surface area contributed by atoms with Crippen LogP contribution in [0.25, 0.3) is 0 Å². The van der Waals surface area contributed by atoms with Crippen molar-refractivity contribution < 1.29 is 4.48 Å². The maximum Gasteiger partial charge on any atom is 0.104 e. The predicted molar refractivity (Wildman–Crippen MR) is 87.1 cm³/mol. The fourth-order valence-electron chi connectivity index (χ4n) is 1.74. The second-order valence-corrected chi connectivity index (χ2v) is 5.50. The highest BCUT2D eigenvalue weighted by atomic mass is 15.3. The van der Waals surface area contributed by atoms with Gasteiger partial charge in [-0.25, -0.2) is 0 Å². The van der Waals surface area contributed by atoms with E-state index in [0.717, 1.165) is 11.0 Å². The molecule has 0 heterocycles. The summed E-state index contributed by atoms with van der Waals surface area (Å²) in [6, 6.07) is 9.09. The Balaban J connectivity index is -0.000000750. The van der Waals surface area contributed by atoms with Gasteiger partial charge in [-0.1, -0.05) is 60.4 Å². The van der Waals surface area contributed by atoms with Crippen LogP contribution in [0.15, 0.2) is 24.3 Å². The zero-order valence-corrected chi connectivity index (χ0v) is 10.7. The van der Waals surface area contributed by atoms with Crippen LogP contribution in [0.4, 0.5) is 0 Å². The number of benzene rings is 1. The topological polar surface area (TPSA) is 0 Å². The third-order valence-corrected chi connectivity index (χ3v) is 2.82. The molecule has 0 aliphatic carbocycles. The van der Waals surface area contributed by atoms with Crippen LogP contribution in [0, 0.1) is 0 Å². The van der Waals surface area contributed by atoms with Crippen LogP contribution in [-0.4, -0.2) is 25.6 Å². The van der Waals surface area contributed by atoms with Gasteiger partial charge in [0.1, 0.15) is 6.54 Å². The highest BCUT2D eigenvalue weighted by molar-refractivity contribution is 5.24. The van der Waals surface area contributed by atoms with Crippen LogP contribution in [0.3, 0.4) is 0 Å². The van der Waals surface area contributed by atoms with Gasteiger partial charge in [0, 0.05) is 5.56 Å². The SMILES string of the molecule is C.C.C.CCC(C)c1ccc(C[N+](C)(C)C)cc1. The van der Waals surface area contributed by atoms with Gasteiger partial charge in [-0.2, -0.15) is 0 Å². The molecule has 0 saturated carbocycles. The monoisotopic (exact) mass is 254 g/mol. The van der Waals surface area contributed by atoms with Gasteiger partial charge < -0.3 is 4.48 Å². The molecule has 1 rings (SSSR count). The Bertz CT molecular complexity index is 292. The van der Waals surface area contributed by atoms with E-state index in [1.807, 2.05) is 0 Å². The quantitative estimate of drug-likeness (QED) is 0.638. The van der Waals surface area contributed by atoms with E-state index in [1.165, 1.54) is 17.5 Å². The molecule has 18 heavy (non-hydrogen) atoms. The lowest BCUT2D eigenvalue weighted by Crippen LogP contribution is -2.33. The number of nitrogens with zero attached hydrogens (tertiary/aromatic N) is 1. The third-order valence-electron chi connectivity index (χ3n) is 2.82. The molecule has 1 aromatic rings. The number of rotatable bonds is 4.